The van der Waals surface area contributed by atoms with E-state index in [1.165, 1.54) is 12.3 Å². The van der Waals surface area contributed by atoms with Crippen LogP contribution in [0.4, 0.5) is 4.39 Å². The SMILES string of the molecule is Cc1ccc(C=NS(=O)C(C)(C)C)c(F)c1. The van der Waals surface area contributed by atoms with Crippen LogP contribution in [0.1, 0.15) is 31.9 Å². The van der Waals surface area contributed by atoms with E-state index in [1.54, 1.807) is 12.1 Å². The number of aryl methyl sites for hydroxylation is 1. The van der Waals surface area contributed by atoms with Crippen LogP contribution in [0.2, 0.25) is 0 Å². The number of hydrogen-bond acceptors (Lipinski definition) is 1. The first-order chi connectivity index (χ1) is 7.30. The molecule has 0 spiro atoms. The van der Waals surface area contributed by atoms with E-state index in [1.807, 2.05) is 27.7 Å². The molecule has 0 saturated carbocycles. The fourth-order valence-corrected chi connectivity index (χ4v) is 1.53. The summed E-state index contributed by atoms with van der Waals surface area (Å²) in [4.78, 5) is 0. The summed E-state index contributed by atoms with van der Waals surface area (Å²) in [6, 6.07) is 4.86. The summed E-state index contributed by atoms with van der Waals surface area (Å²) in [5, 5.41) is 0. The molecule has 1 rings (SSSR count). The van der Waals surface area contributed by atoms with E-state index in [2.05, 4.69) is 4.40 Å². The third kappa shape index (κ3) is 3.52. The van der Waals surface area contributed by atoms with E-state index >= 15 is 0 Å². The lowest BCUT2D eigenvalue weighted by Crippen LogP contribution is -2.19. The molecular formula is C12H16FNOS. The largest absolute Gasteiger partial charge is 0.234 e. The minimum atomic E-state index is -1.35. The van der Waals surface area contributed by atoms with Crippen LogP contribution in [0.3, 0.4) is 0 Å². The Morgan fingerprint density at radius 2 is 2.00 bits per heavy atom. The Hall–Kier alpha value is -1.03. The Labute approximate surface area is 98.2 Å². The van der Waals surface area contributed by atoms with Crippen LogP contribution < -0.4 is 0 Å². The maximum Gasteiger partial charge on any atom is 0.144 e. The van der Waals surface area contributed by atoms with Gasteiger partial charge in [-0.05, 0) is 39.3 Å². The number of benzene rings is 1. The molecule has 0 amide bonds. The first kappa shape index (κ1) is 13.0. The van der Waals surface area contributed by atoms with Crippen molar-refractivity contribution in [3.63, 3.8) is 0 Å². The molecule has 1 atom stereocenters. The zero-order chi connectivity index (χ0) is 12.3. The molecule has 0 radical (unpaired) electrons. The monoisotopic (exact) mass is 241 g/mol. The average molecular weight is 241 g/mol. The molecule has 16 heavy (non-hydrogen) atoms. The predicted octanol–water partition coefficient (Wildman–Crippen LogP) is 3.02. The van der Waals surface area contributed by atoms with Gasteiger partial charge >= 0.3 is 0 Å². The van der Waals surface area contributed by atoms with Crippen LogP contribution >= 0.6 is 0 Å². The van der Waals surface area contributed by atoms with Gasteiger partial charge in [0, 0.05) is 11.8 Å². The topological polar surface area (TPSA) is 29.4 Å². The summed E-state index contributed by atoms with van der Waals surface area (Å²) in [6.45, 7) is 7.29. The zero-order valence-electron chi connectivity index (χ0n) is 9.95. The first-order valence-electron chi connectivity index (χ1n) is 5.03. The van der Waals surface area contributed by atoms with Crippen molar-refractivity contribution in [2.75, 3.05) is 0 Å². The highest BCUT2D eigenvalue weighted by Crippen LogP contribution is 2.13. The van der Waals surface area contributed by atoms with E-state index in [-0.39, 0.29) is 5.82 Å². The summed E-state index contributed by atoms with van der Waals surface area (Å²) in [5.74, 6) is -0.338. The van der Waals surface area contributed by atoms with Gasteiger partial charge in [-0.25, -0.2) is 8.60 Å². The fourth-order valence-electron chi connectivity index (χ4n) is 1.000. The van der Waals surface area contributed by atoms with Crippen LogP contribution in [0, 0.1) is 12.7 Å². The molecule has 2 nitrogen and oxygen atoms in total. The molecule has 0 bridgehead atoms. The molecule has 88 valence electrons. The summed E-state index contributed by atoms with van der Waals surface area (Å²) in [7, 11) is -1.35. The smallest absolute Gasteiger partial charge is 0.144 e. The number of rotatable bonds is 2. The van der Waals surface area contributed by atoms with Crippen LogP contribution in [0.5, 0.6) is 0 Å². The van der Waals surface area contributed by atoms with Crippen molar-refractivity contribution in [3.8, 4) is 0 Å². The van der Waals surface area contributed by atoms with Gasteiger partial charge in [-0.1, -0.05) is 12.1 Å². The van der Waals surface area contributed by atoms with E-state index < -0.39 is 15.7 Å². The van der Waals surface area contributed by atoms with Gasteiger partial charge < -0.3 is 0 Å². The maximum atomic E-state index is 13.4. The standard InChI is InChI=1S/C12H16FNOS/c1-9-5-6-10(11(13)7-9)8-14-16(15)12(2,3)4/h5-8H,1-4H3. The fraction of sp³-hybridized carbons (Fsp3) is 0.417. The molecule has 0 aliphatic heterocycles. The van der Waals surface area contributed by atoms with Gasteiger partial charge in [-0.2, -0.15) is 4.40 Å². The Bertz CT molecular complexity index is 435. The van der Waals surface area contributed by atoms with E-state index in [0.29, 0.717) is 5.56 Å². The Balaban J connectivity index is 2.89. The minimum absolute atomic E-state index is 0.338. The summed E-state index contributed by atoms with van der Waals surface area (Å²) >= 11 is 0. The first-order valence-corrected chi connectivity index (χ1v) is 6.13. The minimum Gasteiger partial charge on any atom is -0.234 e. The molecular weight excluding hydrogens is 225 g/mol. The van der Waals surface area contributed by atoms with Gasteiger partial charge in [0.15, 0.2) is 0 Å². The second kappa shape index (κ2) is 4.87. The Morgan fingerprint density at radius 3 is 2.50 bits per heavy atom. The highest BCUT2D eigenvalue weighted by Gasteiger charge is 2.18. The molecule has 0 N–H and O–H groups in total. The second-order valence-electron chi connectivity index (χ2n) is 4.62. The molecule has 0 fully saturated rings. The highest BCUT2D eigenvalue weighted by molar-refractivity contribution is 7.85. The van der Waals surface area contributed by atoms with Crippen molar-refractivity contribution in [2.24, 2.45) is 4.40 Å². The van der Waals surface area contributed by atoms with Crippen LogP contribution in [-0.4, -0.2) is 15.2 Å². The van der Waals surface area contributed by atoms with Gasteiger partial charge in [-0.15, -0.1) is 0 Å². The van der Waals surface area contributed by atoms with Crippen molar-refractivity contribution in [1.82, 2.24) is 0 Å². The molecule has 1 aromatic carbocycles. The third-order valence-electron chi connectivity index (χ3n) is 1.97. The van der Waals surface area contributed by atoms with Gasteiger partial charge in [0.1, 0.15) is 16.8 Å². The third-order valence-corrected chi connectivity index (χ3v) is 3.31. The lowest BCUT2D eigenvalue weighted by atomic mass is 10.1. The average Bonchev–Trinajstić information content (AvgIpc) is 2.14. The molecule has 0 aliphatic rings. The lowest BCUT2D eigenvalue weighted by molar-refractivity contribution is 0.624. The quantitative estimate of drug-likeness (QED) is 0.732. The highest BCUT2D eigenvalue weighted by atomic mass is 32.2. The van der Waals surface area contributed by atoms with Crippen LogP contribution in [0.25, 0.3) is 0 Å². The second-order valence-corrected chi connectivity index (χ2v) is 6.55. The Kier molecular flexibility index (Phi) is 3.97. The van der Waals surface area contributed by atoms with Gasteiger partial charge in [0.25, 0.3) is 0 Å². The van der Waals surface area contributed by atoms with Gasteiger partial charge in [-0.3, -0.25) is 0 Å². The Morgan fingerprint density at radius 1 is 1.38 bits per heavy atom. The summed E-state index contributed by atoms with van der Waals surface area (Å²) < 4.78 is 28.5. The molecule has 0 saturated heterocycles. The normalized spacial score (nSPS) is 14.3. The van der Waals surface area contributed by atoms with Crippen LogP contribution in [0.15, 0.2) is 22.6 Å². The van der Waals surface area contributed by atoms with E-state index in [0.717, 1.165) is 5.56 Å². The van der Waals surface area contributed by atoms with Crippen molar-refractivity contribution in [3.05, 3.63) is 35.1 Å². The predicted molar refractivity (Wildman–Crippen MR) is 66.6 cm³/mol. The number of halogens is 1. The zero-order valence-corrected chi connectivity index (χ0v) is 10.8. The van der Waals surface area contributed by atoms with Crippen LogP contribution in [-0.2, 0) is 11.0 Å². The lowest BCUT2D eigenvalue weighted by Gasteiger charge is -2.12. The molecule has 1 aromatic rings. The summed E-state index contributed by atoms with van der Waals surface area (Å²) in [6.07, 6.45) is 1.33. The van der Waals surface area contributed by atoms with Gasteiger partial charge in [0.05, 0.1) is 4.75 Å². The number of nitrogens with zero attached hydrogens (tertiary/aromatic N) is 1. The molecule has 0 aromatic heterocycles. The van der Waals surface area contributed by atoms with E-state index in [4.69, 9.17) is 0 Å². The molecule has 0 aliphatic carbocycles. The molecule has 1 unspecified atom stereocenters. The van der Waals surface area contributed by atoms with E-state index in [9.17, 15) is 8.60 Å². The maximum absolute atomic E-state index is 13.4. The van der Waals surface area contributed by atoms with Crippen molar-refractivity contribution in [2.45, 2.75) is 32.4 Å². The number of hydrogen-bond donors (Lipinski definition) is 0. The molecule has 4 heteroatoms. The van der Waals surface area contributed by atoms with Gasteiger partial charge in [0.2, 0.25) is 0 Å². The van der Waals surface area contributed by atoms with Crippen molar-refractivity contribution < 1.29 is 8.60 Å². The molecule has 0 heterocycles. The van der Waals surface area contributed by atoms with Crippen molar-refractivity contribution >= 4 is 17.2 Å². The van der Waals surface area contributed by atoms with Crippen molar-refractivity contribution in [1.29, 1.82) is 0 Å². The summed E-state index contributed by atoms with van der Waals surface area (Å²) in [5.41, 5.74) is 1.22.